The average molecular weight is 404 g/mol. The van der Waals surface area contributed by atoms with Crippen LogP contribution in [0, 0.1) is 3.57 Å². The number of hydrogen-bond acceptors (Lipinski definition) is 3. The summed E-state index contributed by atoms with van der Waals surface area (Å²) in [6, 6.07) is 8.21. The third kappa shape index (κ3) is 3.38. The lowest BCUT2D eigenvalue weighted by Crippen LogP contribution is -2.02. The molecule has 0 saturated carbocycles. The molecule has 0 unspecified atom stereocenters. The zero-order valence-corrected chi connectivity index (χ0v) is 13.0. The molecule has 5 heteroatoms. The van der Waals surface area contributed by atoms with Crippen LogP contribution in [0.15, 0.2) is 34.9 Å². The Balaban J connectivity index is 2.21. The van der Waals surface area contributed by atoms with Crippen LogP contribution in [0.3, 0.4) is 0 Å². The summed E-state index contributed by atoms with van der Waals surface area (Å²) in [6.07, 6.45) is 2.59. The van der Waals surface area contributed by atoms with E-state index in [0.29, 0.717) is 0 Å². The Hall–Kier alpha value is -0.690. The van der Waals surface area contributed by atoms with E-state index >= 15 is 0 Å². The standard InChI is InChI=1S/C12H11BrIN3/c1-15-12-10(14)7-16-11(17-12)6-8-2-4-9(13)5-3-8/h2-5,7H,6H2,1H3,(H,15,16,17). The number of nitrogens with zero attached hydrogens (tertiary/aromatic N) is 2. The van der Waals surface area contributed by atoms with Crippen molar-refractivity contribution in [1.82, 2.24) is 9.97 Å². The van der Waals surface area contributed by atoms with Gasteiger partial charge in [-0.15, -0.1) is 0 Å². The van der Waals surface area contributed by atoms with Gasteiger partial charge in [-0.3, -0.25) is 0 Å². The summed E-state index contributed by atoms with van der Waals surface area (Å²) in [5, 5.41) is 3.06. The van der Waals surface area contributed by atoms with Gasteiger partial charge < -0.3 is 5.32 Å². The summed E-state index contributed by atoms with van der Waals surface area (Å²) in [6.45, 7) is 0. The van der Waals surface area contributed by atoms with Crippen LogP contribution in [0.2, 0.25) is 0 Å². The van der Waals surface area contributed by atoms with Crippen molar-refractivity contribution in [2.75, 3.05) is 12.4 Å². The summed E-state index contributed by atoms with van der Waals surface area (Å²) in [4.78, 5) is 8.80. The smallest absolute Gasteiger partial charge is 0.142 e. The van der Waals surface area contributed by atoms with Gasteiger partial charge in [0.25, 0.3) is 0 Å². The Kier molecular flexibility index (Phi) is 4.33. The van der Waals surface area contributed by atoms with Crippen LogP contribution in [0.25, 0.3) is 0 Å². The van der Waals surface area contributed by atoms with Crippen molar-refractivity contribution in [2.45, 2.75) is 6.42 Å². The lowest BCUT2D eigenvalue weighted by Gasteiger charge is -2.05. The third-order valence-electron chi connectivity index (χ3n) is 2.31. The molecule has 2 aromatic rings. The summed E-state index contributed by atoms with van der Waals surface area (Å²) in [5.41, 5.74) is 1.21. The molecule has 88 valence electrons. The molecular formula is C12H11BrIN3. The Labute approximate surface area is 122 Å². The van der Waals surface area contributed by atoms with Crippen molar-refractivity contribution in [2.24, 2.45) is 0 Å². The van der Waals surface area contributed by atoms with Crippen LogP contribution >= 0.6 is 38.5 Å². The zero-order valence-electron chi connectivity index (χ0n) is 9.24. The molecular weight excluding hydrogens is 393 g/mol. The van der Waals surface area contributed by atoms with Gasteiger partial charge in [-0.05, 0) is 40.3 Å². The van der Waals surface area contributed by atoms with Crippen LogP contribution in [0.4, 0.5) is 5.82 Å². The second-order valence-electron chi connectivity index (χ2n) is 3.54. The summed E-state index contributed by atoms with van der Waals surface area (Å²) in [7, 11) is 1.87. The van der Waals surface area contributed by atoms with Gasteiger partial charge in [-0.25, -0.2) is 9.97 Å². The number of hydrogen-bond donors (Lipinski definition) is 1. The lowest BCUT2D eigenvalue weighted by atomic mass is 10.1. The molecule has 0 bridgehead atoms. The molecule has 3 nitrogen and oxygen atoms in total. The minimum atomic E-state index is 0.749. The van der Waals surface area contributed by atoms with E-state index in [0.717, 1.165) is 26.1 Å². The van der Waals surface area contributed by atoms with Crippen LogP contribution in [-0.2, 0) is 6.42 Å². The molecule has 0 amide bonds. The van der Waals surface area contributed by atoms with Gasteiger partial charge in [0, 0.05) is 24.1 Å². The largest absolute Gasteiger partial charge is 0.372 e. The summed E-state index contributed by atoms with van der Waals surface area (Å²) < 4.78 is 2.12. The number of nitrogens with one attached hydrogen (secondary N) is 1. The second-order valence-corrected chi connectivity index (χ2v) is 5.61. The molecule has 1 aromatic carbocycles. The maximum Gasteiger partial charge on any atom is 0.142 e. The van der Waals surface area contributed by atoms with Gasteiger partial charge in [0.15, 0.2) is 0 Å². The molecule has 1 heterocycles. The van der Waals surface area contributed by atoms with Crippen LogP contribution in [0.1, 0.15) is 11.4 Å². The molecule has 0 aliphatic rings. The fourth-order valence-corrected chi connectivity index (χ4v) is 2.24. The predicted molar refractivity (Wildman–Crippen MR) is 81.2 cm³/mol. The van der Waals surface area contributed by atoms with E-state index in [1.807, 2.05) is 25.4 Å². The van der Waals surface area contributed by atoms with E-state index in [2.05, 4.69) is 65.9 Å². The van der Waals surface area contributed by atoms with Gasteiger partial charge in [0.1, 0.15) is 11.6 Å². The molecule has 0 radical (unpaired) electrons. The highest BCUT2D eigenvalue weighted by atomic mass is 127. The first-order valence-corrected chi connectivity index (χ1v) is 7.00. The normalized spacial score (nSPS) is 10.3. The number of benzene rings is 1. The van der Waals surface area contributed by atoms with E-state index in [1.165, 1.54) is 5.56 Å². The fourth-order valence-electron chi connectivity index (χ4n) is 1.45. The molecule has 2 rings (SSSR count). The van der Waals surface area contributed by atoms with Crippen molar-refractivity contribution in [3.63, 3.8) is 0 Å². The minimum absolute atomic E-state index is 0.749. The van der Waals surface area contributed by atoms with Crippen molar-refractivity contribution >= 4 is 44.3 Å². The Morgan fingerprint density at radius 2 is 2.00 bits per heavy atom. The Morgan fingerprint density at radius 1 is 1.29 bits per heavy atom. The number of halogens is 2. The molecule has 0 aliphatic heterocycles. The maximum atomic E-state index is 4.47. The molecule has 17 heavy (non-hydrogen) atoms. The van der Waals surface area contributed by atoms with E-state index in [-0.39, 0.29) is 0 Å². The van der Waals surface area contributed by atoms with Crippen molar-refractivity contribution < 1.29 is 0 Å². The zero-order chi connectivity index (χ0) is 12.3. The van der Waals surface area contributed by atoms with Crippen molar-refractivity contribution in [1.29, 1.82) is 0 Å². The molecule has 0 atom stereocenters. The highest BCUT2D eigenvalue weighted by Gasteiger charge is 2.04. The van der Waals surface area contributed by atoms with Crippen molar-refractivity contribution in [3.8, 4) is 0 Å². The first kappa shape index (κ1) is 12.8. The predicted octanol–water partition coefficient (Wildman–Crippen LogP) is 3.48. The molecule has 1 N–H and O–H groups in total. The lowest BCUT2D eigenvalue weighted by molar-refractivity contribution is 0.962. The third-order valence-corrected chi connectivity index (χ3v) is 3.62. The first-order chi connectivity index (χ1) is 8.19. The molecule has 0 spiro atoms. The minimum Gasteiger partial charge on any atom is -0.372 e. The van der Waals surface area contributed by atoms with Gasteiger partial charge in [-0.1, -0.05) is 28.1 Å². The van der Waals surface area contributed by atoms with Gasteiger partial charge >= 0.3 is 0 Å². The molecule has 0 fully saturated rings. The van der Waals surface area contributed by atoms with Gasteiger partial charge in [0.05, 0.1) is 3.57 Å². The van der Waals surface area contributed by atoms with Gasteiger partial charge in [-0.2, -0.15) is 0 Å². The summed E-state index contributed by atoms with van der Waals surface area (Å²) in [5.74, 6) is 1.71. The van der Waals surface area contributed by atoms with Crippen LogP contribution in [0.5, 0.6) is 0 Å². The Morgan fingerprint density at radius 3 is 2.65 bits per heavy atom. The monoisotopic (exact) mass is 403 g/mol. The van der Waals surface area contributed by atoms with E-state index in [9.17, 15) is 0 Å². The van der Waals surface area contributed by atoms with Crippen molar-refractivity contribution in [3.05, 3.63) is 49.9 Å². The summed E-state index contributed by atoms with van der Waals surface area (Å²) >= 11 is 5.64. The van der Waals surface area contributed by atoms with E-state index in [1.54, 1.807) is 0 Å². The number of aromatic nitrogens is 2. The first-order valence-electron chi connectivity index (χ1n) is 5.12. The molecule has 1 aromatic heterocycles. The molecule has 0 aliphatic carbocycles. The van der Waals surface area contributed by atoms with E-state index < -0.39 is 0 Å². The highest BCUT2D eigenvalue weighted by molar-refractivity contribution is 14.1. The van der Waals surface area contributed by atoms with Crippen LogP contribution in [-0.4, -0.2) is 17.0 Å². The number of rotatable bonds is 3. The molecule has 0 saturated heterocycles. The second kappa shape index (κ2) is 5.77. The number of anilines is 1. The van der Waals surface area contributed by atoms with Crippen LogP contribution < -0.4 is 5.32 Å². The topological polar surface area (TPSA) is 37.8 Å². The Bertz CT molecular complexity index is 514. The quantitative estimate of drug-likeness (QED) is 0.797. The average Bonchev–Trinajstić information content (AvgIpc) is 2.34. The highest BCUT2D eigenvalue weighted by Crippen LogP contribution is 2.16. The maximum absolute atomic E-state index is 4.47. The van der Waals surface area contributed by atoms with E-state index in [4.69, 9.17) is 0 Å². The van der Waals surface area contributed by atoms with Gasteiger partial charge in [0.2, 0.25) is 0 Å². The SMILES string of the molecule is CNc1nc(Cc2ccc(Br)cc2)ncc1I. The fraction of sp³-hybridized carbons (Fsp3) is 0.167.